The van der Waals surface area contributed by atoms with Crippen LogP contribution >= 0.6 is 0 Å². The summed E-state index contributed by atoms with van der Waals surface area (Å²) in [5, 5.41) is 9.71. The predicted molar refractivity (Wildman–Crippen MR) is 234 cm³/mol. The molecule has 0 aromatic heterocycles. The molecule has 0 aromatic carbocycles. The van der Waals surface area contributed by atoms with E-state index in [1.165, 1.54) is 24.3 Å². The van der Waals surface area contributed by atoms with Gasteiger partial charge in [-0.15, -0.1) is 0 Å². The maximum absolute atomic E-state index is 10.8. The standard InChI is InChI=1S/C9H17NO.C8H15NO.C7H13NO.C6H13NO2S.C6H10O.C5H10O2S/c1-5-8(11)10-7-6-9(2,3)4;1-5-7(10)9-6-8(2,3)4;1-5-6(9)8-7(2,3)4;1-5-10(8,9)7-6(2,3)4;1-4-6(7)5(2)3;1-4-8(6,7)5(2)3/h5H,1,6-7H2,2-4H3,(H,10,11);5H,1,6H2,2-4H3,(H,9,10);5H,1H2,2-4H3,(H,8,9);5,7H,1H2,2-4H3;4-5H,1H2,2-3H3;4-5H,1H2,2-3H3. The van der Waals surface area contributed by atoms with Gasteiger partial charge in [0.15, 0.2) is 15.6 Å². The highest BCUT2D eigenvalue weighted by Crippen LogP contribution is 2.16. The van der Waals surface area contributed by atoms with E-state index in [1.807, 2.05) is 34.6 Å². The third-order valence-electron chi connectivity index (χ3n) is 5.35. The molecule has 0 saturated carbocycles. The molecule has 322 valence electrons. The lowest BCUT2D eigenvalue weighted by molar-refractivity contribution is -0.118. The van der Waals surface area contributed by atoms with E-state index in [2.05, 4.69) is 102 Å². The average Bonchev–Trinajstić information content (AvgIpc) is 3.01. The van der Waals surface area contributed by atoms with Gasteiger partial charge in [0.25, 0.3) is 0 Å². The SMILES string of the molecule is C=CC(=O)C(C)C.C=CC(=O)NC(C)(C)C.C=CC(=O)NCC(C)(C)C.C=CC(=O)NCCC(C)(C)C.C=CS(=O)(=O)C(C)C.C=CS(=O)(=O)NC(C)(C)C. The third-order valence-corrected chi connectivity index (χ3v) is 8.46. The maximum atomic E-state index is 10.8. The predicted octanol–water partition coefficient (Wildman–Crippen LogP) is 7.35. The van der Waals surface area contributed by atoms with Crippen molar-refractivity contribution in [2.45, 2.75) is 134 Å². The first-order valence-electron chi connectivity index (χ1n) is 17.8. The van der Waals surface area contributed by atoms with Crippen LogP contribution in [0.3, 0.4) is 0 Å². The van der Waals surface area contributed by atoms with Crippen LogP contribution in [0.5, 0.6) is 0 Å². The van der Waals surface area contributed by atoms with E-state index in [0.29, 0.717) is 6.54 Å². The summed E-state index contributed by atoms with van der Waals surface area (Å²) < 4.78 is 45.1. The molecule has 0 fully saturated rings. The molecule has 55 heavy (non-hydrogen) atoms. The lowest BCUT2D eigenvalue weighted by Crippen LogP contribution is -2.39. The summed E-state index contributed by atoms with van der Waals surface area (Å²) >= 11 is 0. The van der Waals surface area contributed by atoms with Gasteiger partial charge < -0.3 is 16.0 Å². The molecular weight excluding hydrogens is 741 g/mol. The first kappa shape index (κ1) is 63.3. The van der Waals surface area contributed by atoms with Gasteiger partial charge in [0, 0.05) is 40.9 Å². The molecule has 0 saturated heterocycles. The summed E-state index contributed by atoms with van der Waals surface area (Å²) in [4.78, 5) is 42.3. The molecule has 0 rings (SSSR count). The minimum absolute atomic E-state index is 0.0887. The summed E-state index contributed by atoms with van der Waals surface area (Å²) in [7, 11) is -6.24. The van der Waals surface area contributed by atoms with Crippen LogP contribution in [0.15, 0.2) is 74.6 Å². The van der Waals surface area contributed by atoms with Crippen molar-refractivity contribution >= 4 is 43.4 Å². The van der Waals surface area contributed by atoms with Crippen molar-refractivity contribution in [3.8, 4) is 0 Å². The van der Waals surface area contributed by atoms with Gasteiger partial charge in [-0.25, -0.2) is 21.6 Å². The van der Waals surface area contributed by atoms with Crippen molar-refractivity contribution in [3.63, 3.8) is 0 Å². The second kappa shape index (κ2) is 30.6. The molecular formula is C41H78N4O8S2. The molecule has 0 aliphatic rings. The number of allylic oxidation sites excluding steroid dienone is 1. The molecule has 0 radical (unpaired) electrons. The number of carbonyl (C=O) groups excluding carboxylic acids is 4. The largest absolute Gasteiger partial charge is 0.353 e. The Bertz CT molecular complexity index is 1420. The van der Waals surface area contributed by atoms with Gasteiger partial charge in [-0.2, -0.15) is 0 Å². The van der Waals surface area contributed by atoms with Crippen molar-refractivity contribution in [2.75, 3.05) is 13.1 Å². The molecule has 0 aliphatic carbocycles. The highest BCUT2D eigenvalue weighted by Gasteiger charge is 2.16. The summed E-state index contributed by atoms with van der Waals surface area (Å²) in [6, 6.07) is 0. The van der Waals surface area contributed by atoms with Gasteiger partial charge in [0.2, 0.25) is 27.7 Å². The third kappa shape index (κ3) is 59.9. The number of carbonyl (C=O) groups is 4. The van der Waals surface area contributed by atoms with Gasteiger partial charge in [0.1, 0.15) is 0 Å². The quantitative estimate of drug-likeness (QED) is 0.147. The maximum Gasteiger partial charge on any atom is 0.243 e. The van der Waals surface area contributed by atoms with E-state index < -0.39 is 25.4 Å². The molecule has 12 nitrogen and oxygen atoms in total. The highest BCUT2D eigenvalue weighted by atomic mass is 32.2. The van der Waals surface area contributed by atoms with Crippen LogP contribution < -0.4 is 20.7 Å². The monoisotopic (exact) mass is 819 g/mol. The number of ketones is 1. The van der Waals surface area contributed by atoms with Crippen LogP contribution in [-0.2, 0) is 39.0 Å². The topological polar surface area (TPSA) is 185 Å². The molecule has 0 atom stereocenters. The molecule has 0 aliphatic heterocycles. The van der Waals surface area contributed by atoms with Crippen LogP contribution in [0.25, 0.3) is 0 Å². The van der Waals surface area contributed by atoms with Crippen LogP contribution in [0.1, 0.15) is 117 Å². The molecule has 3 amide bonds. The first-order chi connectivity index (χ1) is 24.3. The van der Waals surface area contributed by atoms with Crippen molar-refractivity contribution in [1.29, 1.82) is 0 Å². The summed E-state index contributed by atoms with van der Waals surface area (Å²) in [5.41, 5.74) is -0.134. The lowest BCUT2D eigenvalue weighted by Gasteiger charge is -2.18. The number of rotatable bonds is 12. The van der Waals surface area contributed by atoms with Gasteiger partial charge in [0.05, 0.1) is 5.25 Å². The number of hydrogen-bond acceptors (Lipinski definition) is 8. The van der Waals surface area contributed by atoms with Crippen LogP contribution in [-0.4, -0.2) is 69.8 Å². The normalized spacial score (nSPS) is 11.1. The number of nitrogens with one attached hydrogen (secondary N) is 4. The molecule has 4 N–H and O–H groups in total. The lowest BCUT2D eigenvalue weighted by atomic mass is 9.92. The Morgan fingerprint density at radius 3 is 1.13 bits per heavy atom. The number of amides is 3. The Morgan fingerprint density at radius 2 is 0.964 bits per heavy atom. The zero-order valence-electron chi connectivity index (χ0n) is 37.1. The van der Waals surface area contributed by atoms with E-state index in [0.717, 1.165) is 23.8 Å². The van der Waals surface area contributed by atoms with E-state index in [-0.39, 0.29) is 51.0 Å². The zero-order valence-corrected chi connectivity index (χ0v) is 38.7. The van der Waals surface area contributed by atoms with E-state index >= 15 is 0 Å². The number of hydrogen-bond donors (Lipinski definition) is 4. The first-order valence-corrected chi connectivity index (χ1v) is 20.9. The smallest absolute Gasteiger partial charge is 0.243 e. The molecule has 0 spiro atoms. The second-order valence-electron chi connectivity index (χ2n) is 16.9. The summed E-state index contributed by atoms with van der Waals surface area (Å²) in [6.07, 6.45) is 6.19. The Hall–Kier alpha value is -3.62. The van der Waals surface area contributed by atoms with Crippen molar-refractivity contribution in [2.24, 2.45) is 16.7 Å². The Kier molecular flexibility index (Phi) is 35.2. The van der Waals surface area contributed by atoms with E-state index in [4.69, 9.17) is 0 Å². The molecule has 0 heterocycles. The highest BCUT2D eigenvalue weighted by molar-refractivity contribution is 7.94. The van der Waals surface area contributed by atoms with Gasteiger partial charge in [-0.3, -0.25) is 19.2 Å². The van der Waals surface area contributed by atoms with E-state index in [1.54, 1.807) is 34.6 Å². The summed E-state index contributed by atoms with van der Waals surface area (Å²) in [6.45, 7) is 51.8. The molecule has 0 unspecified atom stereocenters. The Balaban J connectivity index is -0.000000132. The number of sulfone groups is 1. The van der Waals surface area contributed by atoms with Gasteiger partial charge in [-0.05, 0) is 96.9 Å². The number of sulfonamides is 1. The van der Waals surface area contributed by atoms with Gasteiger partial charge >= 0.3 is 0 Å². The Morgan fingerprint density at radius 1 is 0.564 bits per heavy atom. The Labute approximate surface area is 336 Å². The molecule has 0 aromatic rings. The van der Waals surface area contributed by atoms with Crippen LogP contribution in [0.2, 0.25) is 0 Å². The van der Waals surface area contributed by atoms with Crippen molar-refractivity contribution in [1.82, 2.24) is 20.7 Å². The van der Waals surface area contributed by atoms with Gasteiger partial charge in [-0.1, -0.05) is 94.9 Å². The van der Waals surface area contributed by atoms with E-state index in [9.17, 15) is 36.0 Å². The minimum atomic E-state index is -3.26. The fourth-order valence-electron chi connectivity index (χ4n) is 2.37. The summed E-state index contributed by atoms with van der Waals surface area (Å²) in [5.74, 6) is -0.0934. The molecule has 14 heteroatoms. The molecule has 0 bridgehead atoms. The van der Waals surface area contributed by atoms with Crippen molar-refractivity contribution in [3.05, 3.63) is 74.6 Å². The van der Waals surface area contributed by atoms with Crippen LogP contribution in [0, 0.1) is 16.7 Å². The fraction of sp³-hybridized carbons (Fsp3) is 0.610. The fourth-order valence-corrected chi connectivity index (χ4v) is 3.70. The minimum Gasteiger partial charge on any atom is -0.353 e. The second-order valence-corrected chi connectivity index (χ2v) is 20.9. The average molecular weight is 819 g/mol. The van der Waals surface area contributed by atoms with Crippen molar-refractivity contribution < 1.29 is 36.0 Å². The zero-order chi connectivity index (χ0) is 45.7. The van der Waals surface area contributed by atoms with Crippen LogP contribution in [0.4, 0.5) is 0 Å².